The molecule has 1 N–H and O–H groups in total. The van der Waals surface area contributed by atoms with Crippen molar-refractivity contribution in [3.8, 4) is 5.69 Å². The lowest BCUT2D eigenvalue weighted by Crippen LogP contribution is -2.21. The number of carbonyl (C=O) groups excluding carboxylic acids is 2. The van der Waals surface area contributed by atoms with Crippen LogP contribution in [0.25, 0.3) is 16.6 Å². The number of aromatic nitrogens is 3. The molecule has 0 amide bonds. The number of carbonyl (C=O) groups is 2. The van der Waals surface area contributed by atoms with E-state index in [1.807, 2.05) is 79.7 Å². The molecule has 2 heterocycles. The van der Waals surface area contributed by atoms with Gasteiger partial charge in [-0.05, 0) is 32.0 Å². The number of ketones is 1. The molecule has 168 valence electrons. The van der Waals surface area contributed by atoms with Crippen LogP contribution in [0, 0.1) is 13.8 Å². The molecular weight excluding hydrogens is 426 g/mol. The molecule has 6 nitrogen and oxygen atoms in total. The van der Waals surface area contributed by atoms with E-state index in [1.165, 1.54) is 0 Å². The highest BCUT2D eigenvalue weighted by atomic mass is 16.5. The summed E-state index contributed by atoms with van der Waals surface area (Å²) >= 11 is 0. The molecule has 34 heavy (non-hydrogen) atoms. The van der Waals surface area contributed by atoms with E-state index >= 15 is 0 Å². The molecular formula is C28H23N3O3. The number of fused-ring (bicyclic) bond motifs is 1. The van der Waals surface area contributed by atoms with Crippen LogP contribution in [0.2, 0.25) is 0 Å². The van der Waals surface area contributed by atoms with Crippen LogP contribution in [0.15, 0.2) is 91.1 Å². The molecule has 2 aromatic heterocycles. The molecule has 0 spiro atoms. The summed E-state index contributed by atoms with van der Waals surface area (Å²) in [5, 5.41) is 5.33. The predicted molar refractivity (Wildman–Crippen MR) is 130 cm³/mol. The zero-order chi connectivity index (χ0) is 23.7. The zero-order valence-electron chi connectivity index (χ0n) is 18.9. The summed E-state index contributed by atoms with van der Waals surface area (Å²) in [6.45, 7) is 3.59. The number of hydrogen-bond acceptors (Lipinski definition) is 4. The van der Waals surface area contributed by atoms with Gasteiger partial charge >= 0.3 is 5.97 Å². The van der Waals surface area contributed by atoms with E-state index in [9.17, 15) is 9.59 Å². The topological polar surface area (TPSA) is 77.0 Å². The molecule has 0 aliphatic carbocycles. The highest BCUT2D eigenvalue weighted by Crippen LogP contribution is 2.29. The number of aryl methyl sites for hydroxylation is 1. The van der Waals surface area contributed by atoms with Crippen molar-refractivity contribution in [3.05, 3.63) is 119 Å². The maximum absolute atomic E-state index is 13.7. The lowest BCUT2D eigenvalue weighted by molar-refractivity contribution is 0.0279. The highest BCUT2D eigenvalue weighted by molar-refractivity contribution is 6.11. The van der Waals surface area contributed by atoms with Crippen molar-refractivity contribution in [1.29, 1.82) is 0 Å². The molecule has 0 saturated carbocycles. The van der Waals surface area contributed by atoms with Crippen molar-refractivity contribution < 1.29 is 14.3 Å². The third-order valence-electron chi connectivity index (χ3n) is 5.92. The van der Waals surface area contributed by atoms with Gasteiger partial charge in [-0.3, -0.25) is 4.79 Å². The van der Waals surface area contributed by atoms with Crippen LogP contribution in [0.1, 0.15) is 43.8 Å². The van der Waals surface area contributed by atoms with Gasteiger partial charge in [0.05, 0.1) is 17.1 Å². The monoisotopic (exact) mass is 449 g/mol. The molecule has 6 heteroatoms. The largest absolute Gasteiger partial charge is 0.445 e. The van der Waals surface area contributed by atoms with Crippen molar-refractivity contribution in [2.75, 3.05) is 0 Å². The van der Waals surface area contributed by atoms with Gasteiger partial charge in [0.15, 0.2) is 6.10 Å². The minimum atomic E-state index is -1.09. The van der Waals surface area contributed by atoms with E-state index < -0.39 is 12.1 Å². The van der Waals surface area contributed by atoms with Crippen LogP contribution in [0.5, 0.6) is 0 Å². The van der Waals surface area contributed by atoms with Crippen LogP contribution in [-0.2, 0) is 4.74 Å². The Kier molecular flexibility index (Phi) is 5.55. The van der Waals surface area contributed by atoms with Crippen molar-refractivity contribution >= 4 is 22.7 Å². The van der Waals surface area contributed by atoms with Gasteiger partial charge in [0.2, 0.25) is 5.78 Å². The number of hydrogen-bond donors (Lipinski definition) is 1. The zero-order valence-corrected chi connectivity index (χ0v) is 18.9. The number of nitrogens with zero attached hydrogens (tertiary/aromatic N) is 2. The van der Waals surface area contributed by atoms with Gasteiger partial charge in [0, 0.05) is 28.2 Å². The van der Waals surface area contributed by atoms with Crippen LogP contribution >= 0.6 is 0 Å². The Morgan fingerprint density at radius 2 is 1.53 bits per heavy atom. The van der Waals surface area contributed by atoms with E-state index in [0.29, 0.717) is 28.1 Å². The molecule has 0 bridgehead atoms. The Balaban J connectivity index is 1.52. The summed E-state index contributed by atoms with van der Waals surface area (Å²) < 4.78 is 7.63. The molecule has 0 fully saturated rings. The van der Waals surface area contributed by atoms with Gasteiger partial charge in [-0.2, -0.15) is 5.10 Å². The third-order valence-corrected chi connectivity index (χ3v) is 5.92. The molecule has 5 aromatic rings. The number of para-hydroxylation sites is 2. The van der Waals surface area contributed by atoms with E-state index in [2.05, 4.69) is 10.1 Å². The molecule has 0 aliphatic rings. The SMILES string of the molecule is Cc1nn(-c2ccccc2)c(C)c1C(=O)O[C@H](C(=O)c1c[nH]c2ccccc12)c1ccccc1. The van der Waals surface area contributed by atoms with Gasteiger partial charge in [0.1, 0.15) is 5.56 Å². The molecule has 0 radical (unpaired) electrons. The number of ether oxygens (including phenoxy) is 1. The number of rotatable bonds is 6. The van der Waals surface area contributed by atoms with Gasteiger partial charge in [-0.1, -0.05) is 66.7 Å². The fourth-order valence-electron chi connectivity index (χ4n) is 4.24. The van der Waals surface area contributed by atoms with Crippen LogP contribution in [-0.4, -0.2) is 26.5 Å². The Hall–Kier alpha value is -4.45. The molecule has 0 aliphatic heterocycles. The van der Waals surface area contributed by atoms with E-state index in [1.54, 1.807) is 29.9 Å². The van der Waals surface area contributed by atoms with E-state index in [0.717, 1.165) is 16.6 Å². The average Bonchev–Trinajstić information content (AvgIpc) is 3.43. The lowest BCUT2D eigenvalue weighted by atomic mass is 9.99. The number of esters is 1. The maximum atomic E-state index is 13.7. The van der Waals surface area contributed by atoms with Gasteiger partial charge in [-0.15, -0.1) is 0 Å². The van der Waals surface area contributed by atoms with Crippen molar-refractivity contribution in [3.63, 3.8) is 0 Å². The number of aromatic amines is 1. The first kappa shape index (κ1) is 21.4. The maximum Gasteiger partial charge on any atom is 0.342 e. The first-order valence-electron chi connectivity index (χ1n) is 11.0. The second-order valence-electron chi connectivity index (χ2n) is 8.10. The van der Waals surface area contributed by atoms with E-state index in [-0.39, 0.29) is 5.78 Å². The molecule has 0 saturated heterocycles. The number of benzene rings is 3. The quantitative estimate of drug-likeness (QED) is 0.264. The Bertz CT molecular complexity index is 1480. The van der Waals surface area contributed by atoms with Crippen LogP contribution < -0.4 is 0 Å². The van der Waals surface area contributed by atoms with Crippen LogP contribution in [0.4, 0.5) is 0 Å². The van der Waals surface area contributed by atoms with Crippen LogP contribution in [0.3, 0.4) is 0 Å². The first-order chi connectivity index (χ1) is 16.5. The summed E-state index contributed by atoms with van der Waals surface area (Å²) in [5.41, 5.74) is 4.33. The van der Waals surface area contributed by atoms with Gasteiger partial charge in [0.25, 0.3) is 0 Å². The Labute approximate surface area is 196 Å². The molecule has 3 aromatic carbocycles. The fraction of sp³-hybridized carbons (Fsp3) is 0.107. The highest BCUT2D eigenvalue weighted by Gasteiger charge is 2.31. The Morgan fingerprint density at radius 3 is 2.26 bits per heavy atom. The second kappa shape index (κ2) is 8.83. The summed E-state index contributed by atoms with van der Waals surface area (Å²) in [6, 6.07) is 26.2. The van der Waals surface area contributed by atoms with E-state index in [4.69, 9.17) is 4.74 Å². The molecule has 5 rings (SSSR count). The Morgan fingerprint density at radius 1 is 0.882 bits per heavy atom. The smallest absolute Gasteiger partial charge is 0.342 e. The molecule has 0 unspecified atom stereocenters. The average molecular weight is 450 g/mol. The minimum absolute atomic E-state index is 0.289. The van der Waals surface area contributed by atoms with Gasteiger partial charge in [-0.25, -0.2) is 9.48 Å². The number of nitrogens with one attached hydrogen (secondary N) is 1. The number of Topliss-reactive ketones (excluding diaryl/α,β-unsaturated/α-hetero) is 1. The number of H-pyrrole nitrogens is 1. The third kappa shape index (κ3) is 3.79. The second-order valence-corrected chi connectivity index (χ2v) is 8.10. The standard InChI is InChI=1S/C28H23N3O3/c1-18-25(19(2)31(30-18)21-13-7-4-8-14-21)28(33)34-27(20-11-5-3-6-12-20)26(32)23-17-29-24-16-10-9-15-22(23)24/h3-17,27,29H,1-2H3/t27-/m0/s1. The van der Waals surface area contributed by atoms with Crippen molar-refractivity contribution in [1.82, 2.24) is 14.8 Å². The summed E-state index contributed by atoms with van der Waals surface area (Å²) in [6.07, 6.45) is 0.576. The fourth-order valence-corrected chi connectivity index (χ4v) is 4.24. The lowest BCUT2D eigenvalue weighted by Gasteiger charge is -2.17. The van der Waals surface area contributed by atoms with Gasteiger partial charge < -0.3 is 9.72 Å². The summed E-state index contributed by atoms with van der Waals surface area (Å²) in [5.74, 6) is -0.873. The predicted octanol–water partition coefficient (Wildman–Crippen LogP) is 5.75. The first-order valence-corrected chi connectivity index (χ1v) is 11.0. The minimum Gasteiger partial charge on any atom is -0.445 e. The molecule has 1 atom stereocenters. The normalized spacial score (nSPS) is 11.9. The summed E-state index contributed by atoms with van der Waals surface area (Å²) in [7, 11) is 0. The van der Waals surface area contributed by atoms with Crippen molar-refractivity contribution in [2.45, 2.75) is 20.0 Å². The summed E-state index contributed by atoms with van der Waals surface area (Å²) in [4.78, 5) is 30.2. The van der Waals surface area contributed by atoms with Crippen molar-refractivity contribution in [2.24, 2.45) is 0 Å².